The maximum Gasteiger partial charge on any atom is 0.247 e. The van der Waals surface area contributed by atoms with Crippen LogP contribution in [0.25, 0.3) is 0 Å². The van der Waals surface area contributed by atoms with E-state index in [4.69, 9.17) is 0 Å². The van der Waals surface area contributed by atoms with Crippen LogP contribution in [0.15, 0.2) is 24.3 Å². The van der Waals surface area contributed by atoms with Crippen LogP contribution in [-0.2, 0) is 4.79 Å². The number of aliphatic hydroxyl groups is 1. The Balaban J connectivity index is 2.01. The molecule has 4 heteroatoms. The second-order valence-corrected chi connectivity index (χ2v) is 4.39. The van der Waals surface area contributed by atoms with Crippen molar-refractivity contribution in [3.05, 3.63) is 24.3 Å². The molecule has 2 unspecified atom stereocenters. The second kappa shape index (κ2) is 3.49. The number of benzene rings is 1. The topological polar surface area (TPSA) is 52.6 Å². The van der Waals surface area contributed by atoms with E-state index >= 15 is 0 Å². The molecule has 0 aliphatic carbocycles. The number of nitrogens with one attached hydrogen (secondary N) is 1. The number of carbonyl (C=O) groups is 1. The van der Waals surface area contributed by atoms with Crippen LogP contribution in [0, 0.1) is 0 Å². The van der Waals surface area contributed by atoms with Gasteiger partial charge in [0.15, 0.2) is 0 Å². The average Bonchev–Trinajstić information content (AvgIpc) is 2.29. The number of rotatable bonds is 0. The molecule has 2 aliphatic heterocycles. The van der Waals surface area contributed by atoms with Crippen molar-refractivity contribution in [1.29, 1.82) is 0 Å². The first-order chi connectivity index (χ1) is 7.75. The normalized spacial score (nSPS) is 28.1. The first-order valence-electron chi connectivity index (χ1n) is 5.60. The number of fused-ring (bicyclic) bond motifs is 3. The van der Waals surface area contributed by atoms with Gasteiger partial charge in [0.05, 0.1) is 17.5 Å². The van der Waals surface area contributed by atoms with E-state index in [9.17, 15) is 9.90 Å². The molecular formula is C12H14N2O2. The minimum absolute atomic E-state index is 0.00236. The number of aliphatic hydroxyl groups excluding tert-OH is 1. The largest absolute Gasteiger partial charge is 0.393 e. The number of amides is 1. The summed E-state index contributed by atoms with van der Waals surface area (Å²) in [6.45, 7) is 0.746. The third kappa shape index (κ3) is 1.38. The van der Waals surface area contributed by atoms with Crippen LogP contribution in [0.5, 0.6) is 0 Å². The van der Waals surface area contributed by atoms with Crippen molar-refractivity contribution in [1.82, 2.24) is 0 Å². The quantitative estimate of drug-likeness (QED) is 0.682. The van der Waals surface area contributed by atoms with Gasteiger partial charge in [0.25, 0.3) is 0 Å². The molecule has 2 N–H and O–H groups in total. The van der Waals surface area contributed by atoms with Gasteiger partial charge in [0.1, 0.15) is 6.04 Å². The fraction of sp³-hybridized carbons (Fsp3) is 0.417. The van der Waals surface area contributed by atoms with Gasteiger partial charge in [-0.05, 0) is 18.6 Å². The first kappa shape index (κ1) is 9.66. The fourth-order valence-electron chi connectivity index (χ4n) is 2.53. The summed E-state index contributed by atoms with van der Waals surface area (Å²) in [5.41, 5.74) is 1.94. The highest BCUT2D eigenvalue weighted by atomic mass is 16.3. The Morgan fingerprint density at radius 2 is 2.19 bits per heavy atom. The van der Waals surface area contributed by atoms with Crippen LogP contribution in [0.3, 0.4) is 0 Å². The van der Waals surface area contributed by atoms with Gasteiger partial charge in [-0.3, -0.25) is 4.79 Å². The summed E-state index contributed by atoms with van der Waals surface area (Å²) >= 11 is 0. The van der Waals surface area contributed by atoms with Gasteiger partial charge in [0.2, 0.25) is 5.91 Å². The third-order valence-electron chi connectivity index (χ3n) is 3.35. The van der Waals surface area contributed by atoms with E-state index < -0.39 is 0 Å². The van der Waals surface area contributed by atoms with Gasteiger partial charge in [-0.2, -0.15) is 0 Å². The molecule has 1 amide bonds. The van der Waals surface area contributed by atoms with Crippen molar-refractivity contribution < 1.29 is 9.90 Å². The number of nitrogens with zero attached hydrogens (tertiary/aromatic N) is 1. The minimum atomic E-state index is -0.350. The van der Waals surface area contributed by atoms with Gasteiger partial charge in [-0.1, -0.05) is 12.1 Å². The van der Waals surface area contributed by atoms with Crippen molar-refractivity contribution in [3.63, 3.8) is 0 Å². The number of carbonyl (C=O) groups excluding carboxylic acids is 1. The molecule has 84 valence electrons. The maximum absolute atomic E-state index is 11.9. The highest BCUT2D eigenvalue weighted by Gasteiger charge is 2.37. The maximum atomic E-state index is 11.9. The van der Waals surface area contributed by atoms with E-state index in [2.05, 4.69) is 10.2 Å². The zero-order valence-corrected chi connectivity index (χ0v) is 8.89. The van der Waals surface area contributed by atoms with E-state index in [0.29, 0.717) is 6.42 Å². The summed E-state index contributed by atoms with van der Waals surface area (Å²) in [4.78, 5) is 14.0. The van der Waals surface area contributed by atoms with Crippen molar-refractivity contribution in [2.75, 3.05) is 16.8 Å². The van der Waals surface area contributed by atoms with Crippen LogP contribution in [-0.4, -0.2) is 29.7 Å². The van der Waals surface area contributed by atoms with E-state index in [-0.39, 0.29) is 18.1 Å². The second-order valence-electron chi connectivity index (χ2n) is 4.39. The highest BCUT2D eigenvalue weighted by Crippen LogP contribution is 2.35. The Bertz CT molecular complexity index is 433. The molecule has 0 radical (unpaired) electrons. The summed E-state index contributed by atoms with van der Waals surface area (Å²) in [5.74, 6) is -0.00236. The van der Waals surface area contributed by atoms with Crippen LogP contribution in [0.2, 0.25) is 0 Å². The molecule has 1 fully saturated rings. The summed E-state index contributed by atoms with van der Waals surface area (Å²) < 4.78 is 0. The first-order valence-corrected chi connectivity index (χ1v) is 5.60. The van der Waals surface area contributed by atoms with Gasteiger partial charge < -0.3 is 15.3 Å². The zero-order chi connectivity index (χ0) is 11.1. The van der Waals surface area contributed by atoms with E-state index in [0.717, 1.165) is 24.3 Å². The van der Waals surface area contributed by atoms with E-state index in [1.54, 1.807) is 0 Å². The molecule has 2 aliphatic rings. The van der Waals surface area contributed by atoms with Crippen molar-refractivity contribution in [2.45, 2.75) is 25.0 Å². The molecular weight excluding hydrogens is 204 g/mol. The molecule has 1 aromatic carbocycles. The van der Waals surface area contributed by atoms with E-state index in [1.165, 1.54) is 0 Å². The lowest BCUT2D eigenvalue weighted by Crippen LogP contribution is -2.53. The number of para-hydroxylation sites is 2. The highest BCUT2D eigenvalue weighted by molar-refractivity contribution is 6.03. The molecule has 0 spiro atoms. The Morgan fingerprint density at radius 1 is 1.38 bits per heavy atom. The molecule has 1 saturated heterocycles. The third-order valence-corrected chi connectivity index (χ3v) is 3.35. The lowest BCUT2D eigenvalue weighted by atomic mass is 9.95. The number of piperidine rings is 1. The molecule has 1 aromatic rings. The lowest BCUT2D eigenvalue weighted by Gasteiger charge is -2.42. The summed E-state index contributed by atoms with van der Waals surface area (Å²) in [7, 11) is 0. The predicted molar refractivity (Wildman–Crippen MR) is 61.4 cm³/mol. The standard InChI is InChI=1S/C12H14N2O2/c15-8-5-6-14-10-4-2-1-3-9(10)13-12(16)11(14)7-8/h1-4,8,11,15H,5-7H2,(H,13,16). The molecule has 0 saturated carbocycles. The van der Waals surface area contributed by atoms with Crippen molar-refractivity contribution in [2.24, 2.45) is 0 Å². The zero-order valence-electron chi connectivity index (χ0n) is 8.89. The number of anilines is 2. The molecule has 16 heavy (non-hydrogen) atoms. The number of hydrogen-bond donors (Lipinski definition) is 2. The van der Waals surface area contributed by atoms with Crippen molar-refractivity contribution in [3.8, 4) is 0 Å². The molecule has 3 rings (SSSR count). The lowest BCUT2D eigenvalue weighted by molar-refractivity contribution is -0.118. The molecule has 2 heterocycles. The fourth-order valence-corrected chi connectivity index (χ4v) is 2.53. The van der Waals surface area contributed by atoms with Crippen LogP contribution < -0.4 is 10.2 Å². The molecule has 2 atom stereocenters. The smallest absolute Gasteiger partial charge is 0.247 e. The van der Waals surface area contributed by atoms with Gasteiger partial charge in [-0.15, -0.1) is 0 Å². The molecule has 0 aromatic heterocycles. The molecule has 4 nitrogen and oxygen atoms in total. The van der Waals surface area contributed by atoms with Crippen LogP contribution in [0.1, 0.15) is 12.8 Å². The van der Waals surface area contributed by atoms with Crippen molar-refractivity contribution >= 4 is 17.3 Å². The molecule has 0 bridgehead atoms. The van der Waals surface area contributed by atoms with E-state index in [1.807, 2.05) is 24.3 Å². The average molecular weight is 218 g/mol. The predicted octanol–water partition coefficient (Wildman–Crippen LogP) is 0.968. The Hall–Kier alpha value is -1.55. The summed E-state index contributed by atoms with van der Waals surface area (Å²) in [6.07, 6.45) is 0.912. The van der Waals surface area contributed by atoms with Crippen LogP contribution >= 0.6 is 0 Å². The summed E-state index contributed by atoms with van der Waals surface area (Å²) in [6, 6.07) is 7.60. The number of hydrogen-bond acceptors (Lipinski definition) is 3. The monoisotopic (exact) mass is 218 g/mol. The van der Waals surface area contributed by atoms with Gasteiger partial charge in [-0.25, -0.2) is 0 Å². The Morgan fingerprint density at radius 3 is 3.06 bits per heavy atom. The van der Waals surface area contributed by atoms with Gasteiger partial charge >= 0.3 is 0 Å². The SMILES string of the molecule is O=C1Nc2ccccc2N2CCC(O)CC12. The van der Waals surface area contributed by atoms with Gasteiger partial charge in [0, 0.05) is 13.0 Å². The minimum Gasteiger partial charge on any atom is -0.393 e. The Labute approximate surface area is 93.9 Å². The summed E-state index contributed by atoms with van der Waals surface area (Å²) in [5, 5.41) is 12.5. The Kier molecular flexibility index (Phi) is 2.11. The van der Waals surface area contributed by atoms with Crippen LogP contribution in [0.4, 0.5) is 11.4 Å².